The molecule has 0 bridgehead atoms. The summed E-state index contributed by atoms with van der Waals surface area (Å²) in [5, 5.41) is 3.12. The number of nitrogens with two attached hydrogens (primary N) is 1. The summed E-state index contributed by atoms with van der Waals surface area (Å²) >= 11 is 0. The van der Waals surface area contributed by atoms with Crippen molar-refractivity contribution in [3.63, 3.8) is 0 Å². The number of hydrogen-bond donors (Lipinski definition) is 2. The molecule has 118 valence electrons. The Hall–Kier alpha value is -1.55. The molecule has 4 heteroatoms. The molecule has 0 amide bonds. The number of rotatable bonds is 7. The van der Waals surface area contributed by atoms with Crippen LogP contribution in [-0.2, 0) is 0 Å². The lowest BCUT2D eigenvalue weighted by Crippen LogP contribution is -2.38. The molecule has 0 radical (unpaired) electrons. The Labute approximate surface area is 129 Å². The molecule has 0 aliphatic heterocycles. The molecule has 1 aromatic rings. The first-order chi connectivity index (χ1) is 9.90. The number of hydrogen-bond acceptors (Lipinski definition) is 2. The SMILES string of the molecule is Cc1ccc(NC(N)=NCCCN(C(C)C)C(C)C)cc1. The summed E-state index contributed by atoms with van der Waals surface area (Å²) in [4.78, 5) is 6.86. The summed E-state index contributed by atoms with van der Waals surface area (Å²) in [5.41, 5.74) is 8.12. The molecule has 4 nitrogen and oxygen atoms in total. The van der Waals surface area contributed by atoms with Gasteiger partial charge < -0.3 is 11.1 Å². The summed E-state index contributed by atoms with van der Waals surface area (Å²) in [6, 6.07) is 9.26. The zero-order valence-corrected chi connectivity index (χ0v) is 14.1. The second kappa shape index (κ2) is 8.67. The monoisotopic (exact) mass is 290 g/mol. The number of benzene rings is 1. The van der Waals surface area contributed by atoms with Crippen LogP contribution >= 0.6 is 0 Å². The van der Waals surface area contributed by atoms with Crippen LogP contribution in [0.3, 0.4) is 0 Å². The molecule has 1 aromatic carbocycles. The van der Waals surface area contributed by atoms with Gasteiger partial charge in [0.25, 0.3) is 0 Å². The van der Waals surface area contributed by atoms with Gasteiger partial charge in [-0.3, -0.25) is 9.89 Å². The Balaban J connectivity index is 2.37. The van der Waals surface area contributed by atoms with Crippen molar-refractivity contribution >= 4 is 11.6 Å². The standard InChI is InChI=1S/C17H30N4/c1-13(2)21(14(3)4)12-6-11-19-17(18)20-16-9-7-15(5)8-10-16/h7-10,13-14H,6,11-12H2,1-5H3,(H3,18,19,20). The van der Waals surface area contributed by atoms with E-state index in [0.717, 1.165) is 25.2 Å². The lowest BCUT2D eigenvalue weighted by molar-refractivity contribution is 0.174. The van der Waals surface area contributed by atoms with E-state index < -0.39 is 0 Å². The van der Waals surface area contributed by atoms with E-state index in [-0.39, 0.29) is 0 Å². The van der Waals surface area contributed by atoms with Crippen LogP contribution in [0.1, 0.15) is 39.7 Å². The van der Waals surface area contributed by atoms with Crippen LogP contribution in [0.5, 0.6) is 0 Å². The highest BCUT2D eigenvalue weighted by Gasteiger charge is 2.11. The fraction of sp³-hybridized carbons (Fsp3) is 0.588. The first kappa shape index (κ1) is 17.5. The van der Waals surface area contributed by atoms with E-state index in [9.17, 15) is 0 Å². The predicted molar refractivity (Wildman–Crippen MR) is 92.9 cm³/mol. The van der Waals surface area contributed by atoms with Crippen molar-refractivity contribution in [1.29, 1.82) is 0 Å². The lowest BCUT2D eigenvalue weighted by atomic mass is 10.2. The number of aryl methyl sites for hydroxylation is 1. The van der Waals surface area contributed by atoms with E-state index in [1.54, 1.807) is 0 Å². The van der Waals surface area contributed by atoms with Crippen molar-refractivity contribution in [3.8, 4) is 0 Å². The molecule has 0 fully saturated rings. The van der Waals surface area contributed by atoms with Crippen LogP contribution in [0, 0.1) is 6.92 Å². The van der Waals surface area contributed by atoms with Crippen LogP contribution in [0.15, 0.2) is 29.3 Å². The molecular weight excluding hydrogens is 260 g/mol. The van der Waals surface area contributed by atoms with Gasteiger partial charge in [0.05, 0.1) is 0 Å². The minimum atomic E-state index is 0.486. The summed E-state index contributed by atoms with van der Waals surface area (Å²) in [6.45, 7) is 12.8. The van der Waals surface area contributed by atoms with Crippen LogP contribution in [0.2, 0.25) is 0 Å². The molecule has 0 heterocycles. The van der Waals surface area contributed by atoms with Crippen molar-refractivity contribution in [3.05, 3.63) is 29.8 Å². The maximum Gasteiger partial charge on any atom is 0.193 e. The minimum Gasteiger partial charge on any atom is -0.370 e. The third kappa shape index (κ3) is 6.63. The first-order valence-corrected chi connectivity index (χ1v) is 7.79. The molecule has 0 aliphatic rings. The number of nitrogens with one attached hydrogen (secondary N) is 1. The average Bonchev–Trinajstić information content (AvgIpc) is 2.40. The van der Waals surface area contributed by atoms with Gasteiger partial charge in [0.1, 0.15) is 0 Å². The highest BCUT2D eigenvalue weighted by atomic mass is 15.2. The Morgan fingerprint density at radius 3 is 2.24 bits per heavy atom. The summed E-state index contributed by atoms with van der Waals surface area (Å²) < 4.78 is 0. The molecule has 3 N–H and O–H groups in total. The maximum absolute atomic E-state index is 5.91. The molecule has 0 saturated heterocycles. The number of guanidine groups is 1. The second-order valence-electron chi connectivity index (χ2n) is 6.04. The van der Waals surface area contributed by atoms with E-state index in [2.05, 4.69) is 62.0 Å². The molecule has 21 heavy (non-hydrogen) atoms. The van der Waals surface area contributed by atoms with E-state index >= 15 is 0 Å². The fourth-order valence-electron chi connectivity index (χ4n) is 2.39. The van der Waals surface area contributed by atoms with Gasteiger partial charge in [-0.1, -0.05) is 17.7 Å². The molecule has 0 unspecified atom stereocenters. The largest absolute Gasteiger partial charge is 0.370 e. The Bertz CT molecular complexity index is 427. The highest BCUT2D eigenvalue weighted by Crippen LogP contribution is 2.08. The molecule has 1 rings (SSSR count). The molecular formula is C17H30N4. The predicted octanol–water partition coefficient (Wildman–Crippen LogP) is 3.23. The molecule has 0 aromatic heterocycles. The molecule has 0 saturated carbocycles. The summed E-state index contributed by atoms with van der Waals surface area (Å²) in [6.07, 6.45) is 1.02. The maximum atomic E-state index is 5.91. The van der Waals surface area contributed by atoms with Gasteiger partial charge in [-0.05, 0) is 53.2 Å². The smallest absolute Gasteiger partial charge is 0.193 e. The van der Waals surface area contributed by atoms with Gasteiger partial charge in [0.15, 0.2) is 5.96 Å². The Morgan fingerprint density at radius 2 is 1.71 bits per heavy atom. The van der Waals surface area contributed by atoms with Crippen molar-refractivity contribution in [2.24, 2.45) is 10.7 Å². The lowest BCUT2D eigenvalue weighted by Gasteiger charge is -2.30. The van der Waals surface area contributed by atoms with Gasteiger partial charge in [-0.15, -0.1) is 0 Å². The van der Waals surface area contributed by atoms with Crippen LogP contribution < -0.4 is 11.1 Å². The van der Waals surface area contributed by atoms with Gasteiger partial charge in [-0.25, -0.2) is 0 Å². The van der Waals surface area contributed by atoms with Crippen LogP contribution in [-0.4, -0.2) is 36.0 Å². The van der Waals surface area contributed by atoms with Crippen molar-refractivity contribution in [2.75, 3.05) is 18.4 Å². The average molecular weight is 290 g/mol. The topological polar surface area (TPSA) is 53.6 Å². The fourth-order valence-corrected chi connectivity index (χ4v) is 2.39. The molecule has 0 aliphatic carbocycles. The van der Waals surface area contributed by atoms with Gasteiger partial charge >= 0.3 is 0 Å². The highest BCUT2D eigenvalue weighted by molar-refractivity contribution is 5.92. The van der Waals surface area contributed by atoms with E-state index in [1.165, 1.54) is 5.56 Å². The Morgan fingerprint density at radius 1 is 1.14 bits per heavy atom. The van der Waals surface area contributed by atoms with Crippen LogP contribution in [0.4, 0.5) is 5.69 Å². The molecule has 0 atom stereocenters. The van der Waals surface area contributed by atoms with Crippen molar-refractivity contribution < 1.29 is 0 Å². The van der Waals surface area contributed by atoms with Gasteiger partial charge in [0.2, 0.25) is 0 Å². The normalized spacial score (nSPS) is 12.5. The third-order valence-corrected chi connectivity index (χ3v) is 3.51. The summed E-state index contributed by atoms with van der Waals surface area (Å²) in [7, 11) is 0. The Kier molecular flexibility index (Phi) is 7.23. The van der Waals surface area contributed by atoms with Crippen molar-refractivity contribution in [2.45, 2.75) is 53.1 Å². The van der Waals surface area contributed by atoms with Crippen LogP contribution in [0.25, 0.3) is 0 Å². The first-order valence-electron chi connectivity index (χ1n) is 7.79. The van der Waals surface area contributed by atoms with E-state index in [4.69, 9.17) is 5.73 Å². The van der Waals surface area contributed by atoms with E-state index in [1.807, 2.05) is 12.1 Å². The second-order valence-corrected chi connectivity index (χ2v) is 6.04. The zero-order chi connectivity index (χ0) is 15.8. The molecule has 0 spiro atoms. The van der Waals surface area contributed by atoms with Gasteiger partial charge in [0, 0.05) is 30.9 Å². The third-order valence-electron chi connectivity index (χ3n) is 3.51. The number of nitrogens with zero attached hydrogens (tertiary/aromatic N) is 2. The zero-order valence-electron chi connectivity index (χ0n) is 14.1. The number of anilines is 1. The minimum absolute atomic E-state index is 0.486. The number of aliphatic imine (C=N–C) groups is 1. The quantitative estimate of drug-likeness (QED) is 0.460. The van der Waals surface area contributed by atoms with E-state index in [0.29, 0.717) is 18.0 Å². The van der Waals surface area contributed by atoms with Gasteiger partial charge in [-0.2, -0.15) is 0 Å². The summed E-state index contributed by atoms with van der Waals surface area (Å²) in [5.74, 6) is 0.486. The van der Waals surface area contributed by atoms with Crippen molar-refractivity contribution in [1.82, 2.24) is 4.90 Å².